The van der Waals surface area contributed by atoms with Crippen LogP contribution in [0.1, 0.15) is 17.3 Å². The fourth-order valence-electron chi connectivity index (χ4n) is 1.24. The van der Waals surface area contributed by atoms with Crippen molar-refractivity contribution < 1.29 is 14.3 Å². The van der Waals surface area contributed by atoms with E-state index >= 15 is 0 Å². The van der Waals surface area contributed by atoms with Crippen LogP contribution < -0.4 is 11.1 Å². The molecule has 5 heteroatoms. The molecule has 0 spiro atoms. The maximum absolute atomic E-state index is 11.7. The Bertz CT molecular complexity index is 418. The quantitative estimate of drug-likeness (QED) is 0.764. The van der Waals surface area contributed by atoms with E-state index in [2.05, 4.69) is 10.1 Å². The number of carbonyl (C=O) groups is 2. The molecule has 0 aliphatic carbocycles. The van der Waals surface area contributed by atoms with E-state index in [1.807, 2.05) is 0 Å². The third-order valence-electron chi connectivity index (χ3n) is 2.39. The minimum Gasteiger partial charge on any atom is -0.465 e. The first kappa shape index (κ1) is 13.2. The summed E-state index contributed by atoms with van der Waals surface area (Å²) in [6.07, 6.45) is 0. The van der Waals surface area contributed by atoms with Crippen LogP contribution in [0.2, 0.25) is 0 Å². The molecule has 0 aliphatic heterocycles. The Morgan fingerprint density at radius 1 is 1.41 bits per heavy atom. The number of hydrogen-bond donors (Lipinski definition) is 2. The van der Waals surface area contributed by atoms with Crippen LogP contribution >= 0.6 is 0 Å². The van der Waals surface area contributed by atoms with E-state index in [4.69, 9.17) is 5.73 Å². The Morgan fingerprint density at radius 2 is 2.06 bits per heavy atom. The number of ether oxygens (including phenoxy) is 1. The molecule has 1 amide bonds. The Labute approximate surface area is 99.9 Å². The van der Waals surface area contributed by atoms with Crippen LogP contribution in [0.15, 0.2) is 24.3 Å². The van der Waals surface area contributed by atoms with Crippen LogP contribution in [0.4, 0.5) is 5.69 Å². The van der Waals surface area contributed by atoms with Gasteiger partial charge in [0.25, 0.3) is 0 Å². The van der Waals surface area contributed by atoms with Gasteiger partial charge in [0.1, 0.15) is 0 Å². The standard InChI is InChI=1S/C12H16N2O3/c1-8(7-13)11(15)14-10-6-4-3-5-9(10)12(16)17-2/h3-6,8H,7,13H2,1-2H3,(H,14,15). The summed E-state index contributed by atoms with van der Waals surface area (Å²) < 4.78 is 4.63. The zero-order valence-corrected chi connectivity index (χ0v) is 9.90. The van der Waals surface area contributed by atoms with Crippen molar-refractivity contribution in [1.29, 1.82) is 0 Å². The molecule has 1 aromatic rings. The fourth-order valence-corrected chi connectivity index (χ4v) is 1.24. The number of para-hydroxylation sites is 1. The van der Waals surface area contributed by atoms with Crippen molar-refractivity contribution in [2.45, 2.75) is 6.92 Å². The Kier molecular flexibility index (Phi) is 4.66. The van der Waals surface area contributed by atoms with Gasteiger partial charge in [-0.05, 0) is 12.1 Å². The lowest BCUT2D eigenvalue weighted by atomic mass is 10.1. The highest BCUT2D eigenvalue weighted by molar-refractivity contribution is 6.01. The predicted octanol–water partition coefficient (Wildman–Crippen LogP) is 1.01. The summed E-state index contributed by atoms with van der Waals surface area (Å²) in [6.45, 7) is 1.97. The van der Waals surface area contributed by atoms with Gasteiger partial charge >= 0.3 is 5.97 Å². The molecule has 1 rings (SSSR count). The summed E-state index contributed by atoms with van der Waals surface area (Å²) in [5, 5.41) is 2.66. The van der Waals surface area contributed by atoms with Crippen LogP contribution in [-0.2, 0) is 9.53 Å². The molecule has 0 aliphatic rings. The van der Waals surface area contributed by atoms with Gasteiger partial charge in [-0.2, -0.15) is 0 Å². The number of esters is 1. The third-order valence-corrected chi connectivity index (χ3v) is 2.39. The summed E-state index contributed by atoms with van der Waals surface area (Å²) in [5.41, 5.74) is 6.16. The van der Waals surface area contributed by atoms with E-state index < -0.39 is 5.97 Å². The molecule has 0 aromatic heterocycles. The highest BCUT2D eigenvalue weighted by Crippen LogP contribution is 2.16. The van der Waals surface area contributed by atoms with E-state index in [1.165, 1.54) is 7.11 Å². The smallest absolute Gasteiger partial charge is 0.339 e. The average molecular weight is 236 g/mol. The molecule has 92 valence electrons. The Balaban J connectivity index is 2.91. The molecule has 0 heterocycles. The first-order valence-corrected chi connectivity index (χ1v) is 5.28. The zero-order chi connectivity index (χ0) is 12.8. The Hall–Kier alpha value is -1.88. The lowest BCUT2D eigenvalue weighted by Gasteiger charge is -2.12. The van der Waals surface area contributed by atoms with Gasteiger partial charge in [-0.15, -0.1) is 0 Å². The minimum absolute atomic E-state index is 0.219. The monoisotopic (exact) mass is 236 g/mol. The van der Waals surface area contributed by atoms with Crippen LogP contribution in [-0.4, -0.2) is 25.5 Å². The minimum atomic E-state index is -0.485. The van der Waals surface area contributed by atoms with Crippen LogP contribution in [0, 0.1) is 5.92 Å². The predicted molar refractivity (Wildman–Crippen MR) is 64.6 cm³/mol. The SMILES string of the molecule is COC(=O)c1ccccc1NC(=O)C(C)CN. The second-order valence-electron chi connectivity index (χ2n) is 3.66. The van der Waals surface area contributed by atoms with Gasteiger partial charge < -0.3 is 15.8 Å². The Morgan fingerprint density at radius 3 is 2.65 bits per heavy atom. The van der Waals surface area contributed by atoms with E-state index in [9.17, 15) is 9.59 Å². The lowest BCUT2D eigenvalue weighted by Crippen LogP contribution is -2.27. The summed E-state index contributed by atoms with van der Waals surface area (Å²) in [4.78, 5) is 23.1. The number of nitrogens with one attached hydrogen (secondary N) is 1. The van der Waals surface area contributed by atoms with E-state index in [0.29, 0.717) is 11.3 Å². The molecule has 5 nitrogen and oxygen atoms in total. The van der Waals surface area contributed by atoms with E-state index in [0.717, 1.165) is 0 Å². The number of hydrogen-bond acceptors (Lipinski definition) is 4. The van der Waals surface area contributed by atoms with Crippen LogP contribution in [0.3, 0.4) is 0 Å². The molecule has 0 saturated heterocycles. The van der Waals surface area contributed by atoms with Crippen molar-refractivity contribution in [3.05, 3.63) is 29.8 Å². The first-order chi connectivity index (χ1) is 8.10. The summed E-state index contributed by atoms with van der Waals surface area (Å²) >= 11 is 0. The van der Waals surface area contributed by atoms with E-state index in [-0.39, 0.29) is 18.4 Å². The largest absolute Gasteiger partial charge is 0.465 e. The van der Waals surface area contributed by atoms with Crippen LogP contribution in [0.5, 0.6) is 0 Å². The molecule has 3 N–H and O–H groups in total. The summed E-state index contributed by atoms with van der Waals surface area (Å²) in [7, 11) is 1.30. The molecule has 0 radical (unpaired) electrons. The first-order valence-electron chi connectivity index (χ1n) is 5.28. The lowest BCUT2D eigenvalue weighted by molar-refractivity contribution is -0.119. The summed E-state index contributed by atoms with van der Waals surface area (Å²) in [5.74, 6) is -1.01. The van der Waals surface area contributed by atoms with Gasteiger partial charge in [-0.1, -0.05) is 19.1 Å². The highest BCUT2D eigenvalue weighted by Gasteiger charge is 2.16. The number of anilines is 1. The number of benzene rings is 1. The van der Waals surface area contributed by atoms with Gasteiger partial charge in [0, 0.05) is 12.5 Å². The third kappa shape index (κ3) is 3.29. The maximum Gasteiger partial charge on any atom is 0.339 e. The number of nitrogens with two attached hydrogens (primary N) is 1. The normalized spacial score (nSPS) is 11.7. The summed E-state index contributed by atoms with van der Waals surface area (Å²) in [6, 6.07) is 6.67. The molecule has 0 saturated carbocycles. The van der Waals surface area contributed by atoms with Crippen molar-refractivity contribution in [3.63, 3.8) is 0 Å². The number of methoxy groups -OCH3 is 1. The maximum atomic E-state index is 11.7. The topological polar surface area (TPSA) is 81.4 Å². The van der Waals surface area contributed by atoms with Gasteiger partial charge in [0.05, 0.1) is 18.4 Å². The molecular formula is C12H16N2O3. The van der Waals surface area contributed by atoms with Crippen molar-refractivity contribution >= 4 is 17.6 Å². The molecular weight excluding hydrogens is 220 g/mol. The van der Waals surface area contributed by atoms with Crippen molar-refractivity contribution in [2.24, 2.45) is 11.7 Å². The van der Waals surface area contributed by atoms with Crippen molar-refractivity contribution in [2.75, 3.05) is 19.0 Å². The number of carbonyl (C=O) groups excluding carboxylic acids is 2. The van der Waals surface area contributed by atoms with Crippen molar-refractivity contribution in [1.82, 2.24) is 0 Å². The molecule has 1 unspecified atom stereocenters. The molecule has 17 heavy (non-hydrogen) atoms. The molecule has 0 bridgehead atoms. The number of amides is 1. The highest BCUT2D eigenvalue weighted by atomic mass is 16.5. The van der Waals surface area contributed by atoms with Crippen molar-refractivity contribution in [3.8, 4) is 0 Å². The molecule has 0 fully saturated rings. The van der Waals surface area contributed by atoms with Gasteiger partial charge in [-0.25, -0.2) is 4.79 Å². The van der Waals surface area contributed by atoms with Crippen LogP contribution in [0.25, 0.3) is 0 Å². The second-order valence-corrected chi connectivity index (χ2v) is 3.66. The second kappa shape index (κ2) is 6.00. The van der Waals surface area contributed by atoms with E-state index in [1.54, 1.807) is 31.2 Å². The van der Waals surface area contributed by atoms with Gasteiger partial charge in [-0.3, -0.25) is 4.79 Å². The average Bonchev–Trinajstić information content (AvgIpc) is 2.37. The van der Waals surface area contributed by atoms with Gasteiger partial charge in [0.15, 0.2) is 0 Å². The molecule has 1 atom stereocenters. The molecule has 1 aromatic carbocycles. The number of rotatable bonds is 4. The fraction of sp³-hybridized carbons (Fsp3) is 0.333. The zero-order valence-electron chi connectivity index (χ0n) is 9.90. The van der Waals surface area contributed by atoms with Gasteiger partial charge in [0.2, 0.25) is 5.91 Å².